The van der Waals surface area contributed by atoms with E-state index in [1.54, 1.807) is 4.90 Å². The smallest absolute Gasteiger partial charge is 0.321 e. The Morgan fingerprint density at radius 1 is 1.29 bits per heavy atom. The number of hydrogen-bond donors (Lipinski definition) is 2. The van der Waals surface area contributed by atoms with Crippen LogP contribution in [0.2, 0.25) is 0 Å². The fraction of sp³-hybridized carbons (Fsp3) is 0.562. The molecule has 21 heavy (non-hydrogen) atoms. The van der Waals surface area contributed by atoms with Gasteiger partial charge in [-0.3, -0.25) is 0 Å². The Balaban J connectivity index is 1.58. The van der Waals surface area contributed by atoms with Gasteiger partial charge in [-0.25, -0.2) is 4.79 Å². The van der Waals surface area contributed by atoms with Crippen molar-refractivity contribution in [1.29, 1.82) is 0 Å². The number of likely N-dealkylation sites (tertiary alicyclic amines) is 1. The highest BCUT2D eigenvalue weighted by molar-refractivity contribution is 5.89. The van der Waals surface area contributed by atoms with Gasteiger partial charge in [-0.2, -0.15) is 0 Å². The van der Waals surface area contributed by atoms with E-state index in [2.05, 4.69) is 5.32 Å². The third-order valence-corrected chi connectivity index (χ3v) is 4.14. The maximum absolute atomic E-state index is 12.1. The highest BCUT2D eigenvalue weighted by Crippen LogP contribution is 2.26. The number of benzene rings is 1. The third-order valence-electron chi connectivity index (χ3n) is 4.14. The highest BCUT2D eigenvalue weighted by atomic mass is 16.5. The Kier molecular flexibility index (Phi) is 4.29. The first-order valence-electron chi connectivity index (χ1n) is 7.71. The van der Waals surface area contributed by atoms with Gasteiger partial charge in [0.1, 0.15) is 5.75 Å². The molecule has 0 aromatic heterocycles. The summed E-state index contributed by atoms with van der Waals surface area (Å²) in [5.74, 6) is 0.807. The number of nitrogens with zero attached hydrogens (tertiary/aromatic N) is 1. The molecule has 0 radical (unpaired) electrons. The van der Waals surface area contributed by atoms with E-state index in [1.165, 1.54) is 12.8 Å². The van der Waals surface area contributed by atoms with Crippen LogP contribution in [0.3, 0.4) is 0 Å². The number of ether oxygens (including phenoxy) is 1. The van der Waals surface area contributed by atoms with Crippen LogP contribution in [-0.4, -0.2) is 41.3 Å². The van der Waals surface area contributed by atoms with E-state index < -0.39 is 6.10 Å². The van der Waals surface area contributed by atoms with Gasteiger partial charge in [0.25, 0.3) is 0 Å². The molecule has 5 heteroatoms. The van der Waals surface area contributed by atoms with Crippen molar-refractivity contribution in [3.63, 3.8) is 0 Å². The summed E-state index contributed by atoms with van der Waals surface area (Å²) in [5, 5.41) is 12.3. The van der Waals surface area contributed by atoms with Crippen LogP contribution in [0.25, 0.3) is 0 Å². The molecule has 2 N–H and O–H groups in total. The molecule has 5 nitrogen and oxygen atoms in total. The fourth-order valence-corrected chi connectivity index (χ4v) is 2.97. The van der Waals surface area contributed by atoms with Gasteiger partial charge in [0, 0.05) is 24.8 Å². The van der Waals surface area contributed by atoms with Crippen LogP contribution in [0.4, 0.5) is 10.5 Å². The number of carbonyl (C=O) groups is 1. The number of rotatable bonds is 3. The Labute approximate surface area is 124 Å². The van der Waals surface area contributed by atoms with Gasteiger partial charge in [-0.05, 0) is 44.2 Å². The van der Waals surface area contributed by atoms with Crippen molar-refractivity contribution in [2.24, 2.45) is 0 Å². The molecule has 1 saturated carbocycles. The Bertz CT molecular complexity index is 500. The van der Waals surface area contributed by atoms with Gasteiger partial charge >= 0.3 is 6.03 Å². The monoisotopic (exact) mass is 290 g/mol. The molecule has 0 bridgehead atoms. The zero-order valence-electron chi connectivity index (χ0n) is 12.1. The number of carbonyl (C=O) groups excluding carboxylic acids is 1. The van der Waals surface area contributed by atoms with Crippen LogP contribution in [-0.2, 0) is 0 Å². The quantitative estimate of drug-likeness (QED) is 0.899. The van der Waals surface area contributed by atoms with Crippen LogP contribution in [0.5, 0.6) is 5.75 Å². The molecule has 2 amide bonds. The van der Waals surface area contributed by atoms with Crippen LogP contribution in [0.15, 0.2) is 24.3 Å². The molecule has 0 unspecified atom stereocenters. The first-order chi connectivity index (χ1) is 10.2. The molecule has 1 aliphatic heterocycles. The summed E-state index contributed by atoms with van der Waals surface area (Å²) in [7, 11) is 0. The molecule has 1 aliphatic carbocycles. The van der Waals surface area contributed by atoms with Crippen LogP contribution >= 0.6 is 0 Å². The predicted octanol–water partition coefficient (Wildman–Crippen LogP) is 2.61. The first-order valence-corrected chi connectivity index (χ1v) is 7.71. The van der Waals surface area contributed by atoms with Crippen molar-refractivity contribution in [3.05, 3.63) is 24.3 Å². The average Bonchev–Trinajstić information content (AvgIpc) is 3.11. The minimum atomic E-state index is -0.396. The maximum Gasteiger partial charge on any atom is 0.321 e. The summed E-state index contributed by atoms with van der Waals surface area (Å²) in [6, 6.07) is 7.37. The van der Waals surface area contributed by atoms with Crippen molar-refractivity contribution in [3.8, 4) is 5.75 Å². The van der Waals surface area contributed by atoms with Crippen molar-refractivity contribution in [1.82, 2.24) is 4.90 Å². The SMILES string of the molecule is O=C(Nc1cccc(OC2CCCC2)c1)N1CC[C@H](O)C1. The number of aliphatic hydroxyl groups is 1. The molecular formula is C16H22N2O3. The molecular weight excluding hydrogens is 268 g/mol. The molecule has 1 aromatic carbocycles. The van der Waals surface area contributed by atoms with E-state index in [-0.39, 0.29) is 6.03 Å². The Morgan fingerprint density at radius 2 is 2.10 bits per heavy atom. The summed E-state index contributed by atoms with van der Waals surface area (Å²) < 4.78 is 5.94. The number of nitrogens with one attached hydrogen (secondary N) is 1. The number of amides is 2. The van der Waals surface area contributed by atoms with E-state index in [4.69, 9.17) is 4.74 Å². The normalized spacial score (nSPS) is 22.5. The predicted molar refractivity (Wildman–Crippen MR) is 80.5 cm³/mol. The topological polar surface area (TPSA) is 61.8 Å². The molecule has 3 rings (SSSR count). The lowest BCUT2D eigenvalue weighted by Gasteiger charge is -2.17. The van der Waals surface area contributed by atoms with E-state index in [0.29, 0.717) is 25.6 Å². The number of β-amino-alcohol motifs (C(OH)–C–C–N with tert-alkyl or cyclic N) is 1. The fourth-order valence-electron chi connectivity index (χ4n) is 2.97. The van der Waals surface area contributed by atoms with Gasteiger partial charge < -0.3 is 20.1 Å². The summed E-state index contributed by atoms with van der Waals surface area (Å²) in [6.07, 6.45) is 5.26. The minimum Gasteiger partial charge on any atom is -0.490 e. The van der Waals surface area contributed by atoms with Gasteiger partial charge in [-0.1, -0.05) is 6.07 Å². The van der Waals surface area contributed by atoms with Gasteiger partial charge in [-0.15, -0.1) is 0 Å². The molecule has 0 spiro atoms. The largest absolute Gasteiger partial charge is 0.490 e. The highest BCUT2D eigenvalue weighted by Gasteiger charge is 2.24. The Hall–Kier alpha value is -1.75. The molecule has 2 aliphatic rings. The zero-order valence-corrected chi connectivity index (χ0v) is 12.1. The van der Waals surface area contributed by atoms with Crippen molar-refractivity contribution < 1.29 is 14.6 Å². The third kappa shape index (κ3) is 3.67. The molecule has 2 fully saturated rings. The van der Waals surface area contributed by atoms with Crippen molar-refractivity contribution in [2.75, 3.05) is 18.4 Å². The van der Waals surface area contributed by atoms with E-state index in [9.17, 15) is 9.90 Å². The summed E-state index contributed by atoms with van der Waals surface area (Å²) in [6.45, 7) is 1.01. The van der Waals surface area contributed by atoms with Gasteiger partial charge in [0.15, 0.2) is 0 Å². The molecule has 1 saturated heterocycles. The molecule has 1 atom stereocenters. The van der Waals surface area contributed by atoms with E-state index >= 15 is 0 Å². The van der Waals surface area contributed by atoms with Crippen molar-refractivity contribution in [2.45, 2.75) is 44.3 Å². The lowest BCUT2D eigenvalue weighted by atomic mass is 10.2. The van der Waals surface area contributed by atoms with Crippen molar-refractivity contribution >= 4 is 11.7 Å². The van der Waals surface area contributed by atoms with Gasteiger partial charge in [0.05, 0.1) is 12.2 Å². The van der Waals surface area contributed by atoms with Crippen LogP contribution in [0, 0.1) is 0 Å². The number of urea groups is 1. The second kappa shape index (κ2) is 6.35. The first kappa shape index (κ1) is 14.2. The number of anilines is 1. The van der Waals surface area contributed by atoms with E-state index in [0.717, 1.165) is 24.3 Å². The van der Waals surface area contributed by atoms with Crippen LogP contribution < -0.4 is 10.1 Å². The maximum atomic E-state index is 12.1. The van der Waals surface area contributed by atoms with E-state index in [1.807, 2.05) is 24.3 Å². The summed E-state index contributed by atoms with van der Waals surface area (Å²) in [4.78, 5) is 13.7. The summed E-state index contributed by atoms with van der Waals surface area (Å²) in [5.41, 5.74) is 0.733. The minimum absolute atomic E-state index is 0.162. The van der Waals surface area contributed by atoms with Crippen LogP contribution in [0.1, 0.15) is 32.1 Å². The number of aliphatic hydroxyl groups excluding tert-OH is 1. The zero-order chi connectivity index (χ0) is 14.7. The molecule has 114 valence electrons. The second-order valence-corrected chi connectivity index (χ2v) is 5.87. The molecule has 1 aromatic rings. The standard InChI is InChI=1S/C16H22N2O3/c19-13-8-9-18(11-13)16(20)17-12-4-3-7-15(10-12)21-14-5-1-2-6-14/h3-4,7,10,13-14,19H,1-2,5-6,8-9,11H2,(H,17,20)/t13-/m0/s1. The number of hydrogen-bond acceptors (Lipinski definition) is 3. The summed E-state index contributed by atoms with van der Waals surface area (Å²) >= 11 is 0. The lowest BCUT2D eigenvalue weighted by molar-refractivity contribution is 0.176. The Morgan fingerprint density at radius 3 is 2.81 bits per heavy atom. The lowest BCUT2D eigenvalue weighted by Crippen LogP contribution is -2.33. The average molecular weight is 290 g/mol. The van der Waals surface area contributed by atoms with Gasteiger partial charge in [0.2, 0.25) is 0 Å². The molecule has 1 heterocycles. The second-order valence-electron chi connectivity index (χ2n) is 5.87.